The van der Waals surface area contributed by atoms with Crippen LogP contribution in [0.25, 0.3) is 0 Å². The Bertz CT molecular complexity index is 1380. The Kier molecular flexibility index (Phi) is 11.0. The van der Waals surface area contributed by atoms with E-state index in [2.05, 4.69) is 48.6 Å². The summed E-state index contributed by atoms with van der Waals surface area (Å²) in [6.45, 7) is 0.772. The highest BCUT2D eigenvalue weighted by Gasteiger charge is 2.52. The molecule has 46 heavy (non-hydrogen) atoms. The number of hydrogen-bond acceptors (Lipinski definition) is 3. The number of carboxylic acid groups (broad SMARTS) is 1. The van der Waals surface area contributed by atoms with E-state index in [-0.39, 0.29) is 11.3 Å². The third kappa shape index (κ3) is 7.33. The van der Waals surface area contributed by atoms with Gasteiger partial charge in [0.1, 0.15) is 5.75 Å². The largest absolute Gasteiger partial charge is 0.508 e. The fourth-order valence-corrected chi connectivity index (χ4v) is 10.1. The maximum Gasteiger partial charge on any atom is 0.307 e. The van der Waals surface area contributed by atoms with E-state index in [9.17, 15) is 15.0 Å². The van der Waals surface area contributed by atoms with Crippen LogP contribution < -0.4 is 5.73 Å². The summed E-state index contributed by atoms with van der Waals surface area (Å²) in [7, 11) is 0. The van der Waals surface area contributed by atoms with Gasteiger partial charge in [-0.1, -0.05) is 92.7 Å². The predicted octanol–water partition coefficient (Wildman–Crippen LogP) is 9.79. The van der Waals surface area contributed by atoms with Crippen molar-refractivity contribution in [3.05, 3.63) is 88.5 Å². The molecule has 6 rings (SSSR count). The molecule has 0 saturated heterocycles. The second-order valence-corrected chi connectivity index (χ2v) is 15.2. The van der Waals surface area contributed by atoms with Crippen molar-refractivity contribution in [3.8, 4) is 5.75 Å². The minimum absolute atomic E-state index is 0.259. The standard InChI is InChI=1S/C42H57NO3/c43-26-24-31-15-14-30(27-31)9-3-1-2-4-10-33-11-5-6-13-39(41(45)46)42-25-8-7-12-36(42)21-18-35-17-16-32(29-40(35)42)28-38(33)34-19-22-37(44)23-20-34/h5-6,16-17,19-20,22-23,27,29-30,33,36,38-39,44H,1-4,7-15,18,21,24-26,28,43H2,(H,45,46). The fraction of sp³-hybridized carbons (Fsp3) is 0.595. The van der Waals surface area contributed by atoms with Crippen molar-refractivity contribution in [1.82, 2.24) is 0 Å². The second kappa shape index (κ2) is 15.4. The van der Waals surface area contributed by atoms with Crippen LogP contribution in [0.3, 0.4) is 0 Å². The Morgan fingerprint density at radius 2 is 1.70 bits per heavy atom. The third-order valence-electron chi connectivity index (χ3n) is 12.5. The minimum atomic E-state index is -0.617. The molecule has 4 N–H and O–H groups in total. The number of aryl methyl sites for hydroxylation is 1. The van der Waals surface area contributed by atoms with Crippen LogP contribution in [0.5, 0.6) is 5.75 Å². The lowest BCUT2D eigenvalue weighted by Gasteiger charge is -2.52. The van der Waals surface area contributed by atoms with Crippen LogP contribution in [0.2, 0.25) is 0 Å². The van der Waals surface area contributed by atoms with Crippen LogP contribution in [0.15, 0.2) is 66.3 Å². The molecule has 0 aromatic heterocycles. The Morgan fingerprint density at radius 1 is 0.891 bits per heavy atom. The summed E-state index contributed by atoms with van der Waals surface area (Å²) < 4.78 is 0. The van der Waals surface area contributed by atoms with Gasteiger partial charge >= 0.3 is 5.97 Å². The number of carbonyl (C=O) groups is 1. The van der Waals surface area contributed by atoms with Crippen molar-refractivity contribution in [3.63, 3.8) is 0 Å². The molecular formula is C42H57NO3. The number of benzene rings is 2. The highest BCUT2D eigenvalue weighted by atomic mass is 16.4. The number of unbranched alkanes of at least 4 members (excludes halogenated alkanes) is 3. The molecule has 4 heteroatoms. The second-order valence-electron chi connectivity index (χ2n) is 15.2. The van der Waals surface area contributed by atoms with Crippen LogP contribution >= 0.6 is 0 Å². The summed E-state index contributed by atoms with van der Waals surface area (Å²) in [5.74, 6) is 1.37. The van der Waals surface area contributed by atoms with E-state index < -0.39 is 5.97 Å². The molecule has 2 aromatic carbocycles. The summed E-state index contributed by atoms with van der Waals surface area (Å²) in [6.07, 6.45) is 27.5. The van der Waals surface area contributed by atoms with Gasteiger partial charge in [0, 0.05) is 5.41 Å². The molecule has 248 valence electrons. The molecule has 2 bridgehead atoms. The molecule has 4 nitrogen and oxygen atoms in total. The number of rotatable bonds is 11. The van der Waals surface area contributed by atoms with Crippen LogP contribution in [0.4, 0.5) is 0 Å². The first-order valence-electron chi connectivity index (χ1n) is 18.7. The van der Waals surface area contributed by atoms with Gasteiger partial charge in [0.05, 0.1) is 5.92 Å². The number of phenolic OH excluding ortho intramolecular Hbond substituents is 1. The minimum Gasteiger partial charge on any atom is -0.508 e. The fourth-order valence-electron chi connectivity index (χ4n) is 10.1. The molecule has 4 aliphatic carbocycles. The number of aromatic hydroxyl groups is 1. The Morgan fingerprint density at radius 3 is 2.50 bits per heavy atom. The van der Waals surface area contributed by atoms with E-state index in [4.69, 9.17) is 5.73 Å². The number of fused-ring (bicyclic) bond motifs is 1. The number of allylic oxidation sites excluding steroid dienone is 3. The first-order chi connectivity index (χ1) is 22.5. The van der Waals surface area contributed by atoms with Gasteiger partial charge in [-0.3, -0.25) is 4.79 Å². The molecule has 6 atom stereocenters. The molecule has 0 heterocycles. The van der Waals surface area contributed by atoms with Gasteiger partial charge in [0.25, 0.3) is 0 Å². The van der Waals surface area contributed by atoms with E-state index >= 15 is 0 Å². The zero-order chi connectivity index (χ0) is 31.9. The van der Waals surface area contributed by atoms with Crippen molar-refractivity contribution in [2.75, 3.05) is 6.54 Å². The summed E-state index contributed by atoms with van der Waals surface area (Å²) >= 11 is 0. The highest BCUT2D eigenvalue weighted by molar-refractivity contribution is 5.73. The molecule has 2 aromatic rings. The van der Waals surface area contributed by atoms with Gasteiger partial charge in [-0.2, -0.15) is 0 Å². The van der Waals surface area contributed by atoms with Crippen molar-refractivity contribution in [1.29, 1.82) is 0 Å². The average molecular weight is 624 g/mol. The molecule has 1 fully saturated rings. The topological polar surface area (TPSA) is 83.6 Å². The van der Waals surface area contributed by atoms with Crippen molar-refractivity contribution in [2.45, 2.75) is 127 Å². The Balaban J connectivity index is 1.22. The van der Waals surface area contributed by atoms with Crippen molar-refractivity contribution < 1.29 is 15.0 Å². The molecule has 4 aliphatic rings. The summed E-state index contributed by atoms with van der Waals surface area (Å²) in [5, 5.41) is 20.9. The van der Waals surface area contributed by atoms with E-state index in [0.29, 0.717) is 29.9 Å². The summed E-state index contributed by atoms with van der Waals surface area (Å²) in [6, 6.07) is 15.1. The molecule has 0 aliphatic heterocycles. The van der Waals surface area contributed by atoms with Gasteiger partial charge < -0.3 is 15.9 Å². The lowest BCUT2D eigenvalue weighted by atomic mass is 9.51. The Labute approximate surface area is 277 Å². The molecule has 1 saturated carbocycles. The number of nitrogens with two attached hydrogens (primary N) is 1. The monoisotopic (exact) mass is 623 g/mol. The molecular weight excluding hydrogens is 566 g/mol. The van der Waals surface area contributed by atoms with Gasteiger partial charge in [0.15, 0.2) is 0 Å². The number of hydrogen-bond donors (Lipinski definition) is 3. The van der Waals surface area contributed by atoms with Crippen LogP contribution in [-0.2, 0) is 23.1 Å². The Hall–Kier alpha value is -2.85. The van der Waals surface area contributed by atoms with Crippen LogP contribution in [0.1, 0.15) is 131 Å². The van der Waals surface area contributed by atoms with E-state index in [1.54, 1.807) is 5.57 Å². The zero-order valence-electron chi connectivity index (χ0n) is 28.0. The number of carboxylic acids is 1. The third-order valence-corrected chi connectivity index (χ3v) is 12.5. The van der Waals surface area contributed by atoms with E-state index in [1.165, 1.54) is 80.0 Å². The maximum atomic E-state index is 13.0. The smallest absolute Gasteiger partial charge is 0.307 e. The quantitative estimate of drug-likeness (QED) is 0.172. The number of phenols is 1. The molecule has 0 amide bonds. The lowest BCUT2D eigenvalue weighted by molar-refractivity contribution is -0.146. The SMILES string of the molecule is NCCC1=CC(CCCCCCC2CC=CCC(C(=O)O)C34CCCCC3CCc3ccc(cc34)CC2c2ccc(O)cc2)CC1. The first kappa shape index (κ1) is 33.1. The van der Waals surface area contributed by atoms with Gasteiger partial charge in [-0.25, -0.2) is 0 Å². The van der Waals surface area contributed by atoms with Crippen LogP contribution in [0, 0.1) is 23.7 Å². The van der Waals surface area contributed by atoms with Gasteiger partial charge in [-0.05, 0) is 142 Å². The van der Waals surface area contributed by atoms with Gasteiger partial charge in [-0.15, -0.1) is 0 Å². The average Bonchev–Trinajstić information content (AvgIpc) is 3.51. The summed E-state index contributed by atoms with van der Waals surface area (Å²) in [4.78, 5) is 13.0. The number of aliphatic carboxylic acids is 1. The molecule has 0 radical (unpaired) electrons. The van der Waals surface area contributed by atoms with Gasteiger partial charge in [0.2, 0.25) is 0 Å². The van der Waals surface area contributed by atoms with Crippen LogP contribution in [-0.4, -0.2) is 22.7 Å². The normalized spacial score (nSPS) is 29.3. The van der Waals surface area contributed by atoms with E-state index in [0.717, 1.165) is 63.8 Å². The lowest BCUT2D eigenvalue weighted by Crippen LogP contribution is -2.50. The summed E-state index contributed by atoms with van der Waals surface area (Å²) in [5.41, 5.74) is 12.5. The molecule has 1 spiro atoms. The van der Waals surface area contributed by atoms with E-state index in [1.807, 2.05) is 12.1 Å². The predicted molar refractivity (Wildman–Crippen MR) is 188 cm³/mol. The first-order valence-corrected chi connectivity index (χ1v) is 18.7. The van der Waals surface area contributed by atoms with Crippen molar-refractivity contribution in [2.24, 2.45) is 29.4 Å². The zero-order valence-corrected chi connectivity index (χ0v) is 28.0. The van der Waals surface area contributed by atoms with Crippen molar-refractivity contribution >= 4 is 5.97 Å². The molecule has 6 unspecified atom stereocenters. The maximum absolute atomic E-state index is 13.0. The highest BCUT2D eigenvalue weighted by Crippen LogP contribution is 2.56.